The predicted octanol–water partition coefficient (Wildman–Crippen LogP) is -0.117. The summed E-state index contributed by atoms with van der Waals surface area (Å²) in [4.78, 5) is 11.4. The number of carbonyl (C=O) groups excluding carboxylic acids is 1. The van der Waals surface area contributed by atoms with Crippen molar-refractivity contribution in [1.82, 2.24) is 4.31 Å². The summed E-state index contributed by atoms with van der Waals surface area (Å²) in [5.74, 6) is 0.212. The Morgan fingerprint density at radius 2 is 2.00 bits per heavy atom. The van der Waals surface area contributed by atoms with Gasteiger partial charge in [-0.25, -0.2) is 12.7 Å². The molecule has 1 aliphatic rings. The number of ether oxygens (including phenoxy) is 1. The van der Waals surface area contributed by atoms with E-state index in [-0.39, 0.29) is 19.1 Å². The molecule has 1 amide bonds. The van der Waals surface area contributed by atoms with Crippen molar-refractivity contribution >= 4 is 28.6 Å². The standard InChI is InChI=1S/C8H15NO4S2/c1-8(2)7(10)9(15(8,11)12)3-4-13-5-6-14/h14H,3-6H2,1-2H3. The smallest absolute Gasteiger partial charge is 0.258 e. The molecule has 5 nitrogen and oxygen atoms in total. The number of hydrogen-bond acceptors (Lipinski definition) is 5. The van der Waals surface area contributed by atoms with Crippen LogP contribution in [0.4, 0.5) is 0 Å². The summed E-state index contributed by atoms with van der Waals surface area (Å²) in [7, 11) is -3.45. The van der Waals surface area contributed by atoms with Crippen LogP contribution in [0.5, 0.6) is 0 Å². The molecule has 0 N–H and O–H groups in total. The first-order valence-electron chi connectivity index (χ1n) is 4.61. The van der Waals surface area contributed by atoms with Gasteiger partial charge in [0.15, 0.2) is 4.75 Å². The SMILES string of the molecule is CC1(C)C(=O)N(CCOCCS)S1(=O)=O. The minimum atomic E-state index is -3.45. The van der Waals surface area contributed by atoms with Gasteiger partial charge < -0.3 is 4.74 Å². The Kier molecular flexibility index (Phi) is 3.67. The molecule has 0 bridgehead atoms. The highest BCUT2D eigenvalue weighted by Crippen LogP contribution is 2.34. The lowest BCUT2D eigenvalue weighted by atomic mass is 10.2. The molecule has 0 radical (unpaired) electrons. The fourth-order valence-corrected chi connectivity index (χ4v) is 2.93. The molecule has 0 spiro atoms. The van der Waals surface area contributed by atoms with Crippen molar-refractivity contribution in [2.75, 3.05) is 25.5 Å². The molecule has 88 valence electrons. The maximum atomic E-state index is 11.6. The van der Waals surface area contributed by atoms with Gasteiger partial charge in [-0.3, -0.25) is 4.79 Å². The molecule has 1 fully saturated rings. The van der Waals surface area contributed by atoms with Crippen LogP contribution in [0.15, 0.2) is 0 Å². The number of thiol groups is 1. The van der Waals surface area contributed by atoms with Crippen molar-refractivity contribution in [3.63, 3.8) is 0 Å². The molecule has 0 aromatic carbocycles. The summed E-state index contributed by atoms with van der Waals surface area (Å²) in [5, 5.41) is 0. The maximum Gasteiger partial charge on any atom is 0.258 e. The molecule has 0 aromatic heterocycles. The van der Waals surface area contributed by atoms with Crippen LogP contribution < -0.4 is 0 Å². The molecule has 0 aliphatic carbocycles. The number of amides is 1. The zero-order valence-electron chi connectivity index (χ0n) is 8.76. The lowest BCUT2D eigenvalue weighted by Crippen LogP contribution is -2.67. The first kappa shape index (κ1) is 12.8. The van der Waals surface area contributed by atoms with Crippen LogP contribution in [0.1, 0.15) is 13.8 Å². The highest BCUT2D eigenvalue weighted by molar-refractivity contribution is 7.94. The largest absolute Gasteiger partial charge is 0.379 e. The van der Waals surface area contributed by atoms with E-state index in [2.05, 4.69) is 12.6 Å². The Hall–Kier alpha value is -0.270. The van der Waals surface area contributed by atoms with Crippen LogP contribution in [-0.4, -0.2) is 48.9 Å². The first-order valence-corrected chi connectivity index (χ1v) is 6.68. The second-order valence-electron chi connectivity index (χ2n) is 3.73. The van der Waals surface area contributed by atoms with E-state index in [1.807, 2.05) is 0 Å². The van der Waals surface area contributed by atoms with Crippen molar-refractivity contribution in [1.29, 1.82) is 0 Å². The topological polar surface area (TPSA) is 63.7 Å². The Morgan fingerprint density at radius 1 is 1.40 bits per heavy atom. The fourth-order valence-electron chi connectivity index (χ4n) is 1.29. The van der Waals surface area contributed by atoms with E-state index in [1.54, 1.807) is 0 Å². The molecule has 0 aromatic rings. The van der Waals surface area contributed by atoms with Gasteiger partial charge in [0.2, 0.25) is 0 Å². The number of rotatable bonds is 5. The van der Waals surface area contributed by atoms with Crippen LogP contribution in [0.2, 0.25) is 0 Å². The molecule has 1 saturated heterocycles. The van der Waals surface area contributed by atoms with Gasteiger partial charge in [0.1, 0.15) is 0 Å². The molecule has 1 heterocycles. The summed E-state index contributed by atoms with van der Waals surface area (Å²) in [6.07, 6.45) is 0. The Morgan fingerprint density at radius 3 is 2.47 bits per heavy atom. The monoisotopic (exact) mass is 253 g/mol. The molecule has 0 unspecified atom stereocenters. The summed E-state index contributed by atoms with van der Waals surface area (Å²) < 4.78 is 27.8. The van der Waals surface area contributed by atoms with Crippen LogP contribution in [0.25, 0.3) is 0 Å². The summed E-state index contributed by atoms with van der Waals surface area (Å²) in [6, 6.07) is 0. The van der Waals surface area contributed by atoms with Crippen LogP contribution in [0, 0.1) is 0 Å². The molecule has 15 heavy (non-hydrogen) atoms. The maximum absolute atomic E-state index is 11.6. The lowest BCUT2D eigenvalue weighted by Gasteiger charge is -2.42. The van der Waals surface area contributed by atoms with Crippen molar-refractivity contribution < 1.29 is 17.9 Å². The Balaban J connectivity index is 2.49. The molecular weight excluding hydrogens is 238 g/mol. The van der Waals surface area contributed by atoms with Gasteiger partial charge in [0, 0.05) is 5.75 Å². The zero-order valence-corrected chi connectivity index (χ0v) is 10.5. The van der Waals surface area contributed by atoms with Gasteiger partial charge in [-0.1, -0.05) is 0 Å². The predicted molar refractivity (Wildman–Crippen MR) is 59.4 cm³/mol. The second-order valence-corrected chi connectivity index (χ2v) is 6.59. The minimum absolute atomic E-state index is 0.0956. The van der Waals surface area contributed by atoms with Gasteiger partial charge >= 0.3 is 0 Å². The van der Waals surface area contributed by atoms with E-state index >= 15 is 0 Å². The van der Waals surface area contributed by atoms with E-state index in [4.69, 9.17) is 4.74 Å². The minimum Gasteiger partial charge on any atom is -0.379 e. The molecule has 1 rings (SSSR count). The Labute approximate surface area is 95.2 Å². The molecule has 0 saturated carbocycles. The van der Waals surface area contributed by atoms with Gasteiger partial charge in [0.05, 0.1) is 19.8 Å². The second kappa shape index (κ2) is 4.31. The van der Waals surface area contributed by atoms with Crippen LogP contribution in [0.3, 0.4) is 0 Å². The van der Waals surface area contributed by atoms with Crippen molar-refractivity contribution in [3.8, 4) is 0 Å². The normalized spacial score (nSPS) is 22.6. The van der Waals surface area contributed by atoms with E-state index in [1.165, 1.54) is 13.8 Å². The quantitative estimate of drug-likeness (QED) is 0.548. The molecule has 0 atom stereocenters. The van der Waals surface area contributed by atoms with Crippen molar-refractivity contribution in [2.24, 2.45) is 0 Å². The van der Waals surface area contributed by atoms with E-state index in [0.29, 0.717) is 12.4 Å². The number of carbonyl (C=O) groups is 1. The van der Waals surface area contributed by atoms with Gasteiger partial charge in [0.25, 0.3) is 15.9 Å². The van der Waals surface area contributed by atoms with Crippen molar-refractivity contribution in [2.45, 2.75) is 18.6 Å². The third-order valence-electron chi connectivity index (χ3n) is 2.35. The highest BCUT2D eigenvalue weighted by Gasteiger charge is 2.59. The third kappa shape index (κ3) is 2.00. The molecule has 1 aliphatic heterocycles. The van der Waals surface area contributed by atoms with E-state index in [0.717, 1.165) is 4.31 Å². The average Bonchev–Trinajstić information content (AvgIpc) is 2.16. The third-order valence-corrected chi connectivity index (χ3v) is 4.93. The van der Waals surface area contributed by atoms with Gasteiger partial charge in [-0.05, 0) is 13.8 Å². The number of sulfonamides is 1. The van der Waals surface area contributed by atoms with Crippen LogP contribution in [-0.2, 0) is 19.6 Å². The van der Waals surface area contributed by atoms with Gasteiger partial charge in [-0.15, -0.1) is 0 Å². The molecular formula is C8H15NO4S2. The number of nitrogens with zero attached hydrogens (tertiary/aromatic N) is 1. The van der Waals surface area contributed by atoms with Crippen molar-refractivity contribution in [3.05, 3.63) is 0 Å². The van der Waals surface area contributed by atoms with E-state index < -0.39 is 14.8 Å². The van der Waals surface area contributed by atoms with Crippen LogP contribution >= 0.6 is 12.6 Å². The fraction of sp³-hybridized carbons (Fsp3) is 0.875. The van der Waals surface area contributed by atoms with Gasteiger partial charge in [-0.2, -0.15) is 12.6 Å². The lowest BCUT2D eigenvalue weighted by molar-refractivity contribution is -0.132. The highest BCUT2D eigenvalue weighted by atomic mass is 32.2. The zero-order chi connectivity index (χ0) is 11.7. The summed E-state index contributed by atoms with van der Waals surface area (Å²) in [6.45, 7) is 3.60. The average molecular weight is 253 g/mol. The molecule has 7 heteroatoms. The van der Waals surface area contributed by atoms with E-state index in [9.17, 15) is 13.2 Å². The summed E-state index contributed by atoms with van der Waals surface area (Å²) >= 11 is 3.94. The summed E-state index contributed by atoms with van der Waals surface area (Å²) in [5.41, 5.74) is 0. The Bertz CT molecular complexity index is 350. The number of hydrogen-bond donors (Lipinski definition) is 1. The first-order chi connectivity index (χ1) is 6.85.